The van der Waals surface area contributed by atoms with Gasteiger partial charge in [0, 0.05) is 0 Å². The zero-order valence-corrected chi connectivity index (χ0v) is 17.4. The number of hydrogen-bond donors (Lipinski definition) is 0. The SMILES string of the molecule is CN(C)P(N(C)C)N(C)C.CN(C)P(N(C)C)N(C)C. The molecule has 0 spiro atoms. The van der Waals surface area contributed by atoms with Crippen molar-refractivity contribution >= 4 is 16.7 Å². The van der Waals surface area contributed by atoms with Crippen LogP contribution >= 0.6 is 16.7 Å². The summed E-state index contributed by atoms with van der Waals surface area (Å²) in [6.07, 6.45) is 0. The van der Waals surface area contributed by atoms with Crippen LogP contribution in [0.3, 0.4) is 0 Å². The van der Waals surface area contributed by atoms with Crippen molar-refractivity contribution in [1.82, 2.24) is 28.0 Å². The molecule has 0 amide bonds. The minimum atomic E-state index is -0.238. The summed E-state index contributed by atoms with van der Waals surface area (Å²) in [6, 6.07) is 0. The molecular formula is C12H36N6P2. The minimum Gasteiger partial charge on any atom is -0.264 e. The van der Waals surface area contributed by atoms with Gasteiger partial charge in [-0.2, -0.15) is 0 Å². The first-order valence-corrected chi connectivity index (χ1v) is 8.97. The Morgan fingerprint density at radius 2 is 0.400 bits per heavy atom. The first-order chi connectivity index (χ1) is 8.93. The molecule has 0 bridgehead atoms. The van der Waals surface area contributed by atoms with Crippen molar-refractivity contribution in [2.24, 2.45) is 0 Å². The molecule has 0 rings (SSSR count). The summed E-state index contributed by atoms with van der Waals surface area (Å²) in [4.78, 5) is 0. The van der Waals surface area contributed by atoms with Crippen LogP contribution in [0.2, 0.25) is 0 Å². The summed E-state index contributed by atoms with van der Waals surface area (Å²) in [6.45, 7) is 0. The summed E-state index contributed by atoms with van der Waals surface area (Å²) in [5.74, 6) is 0. The fraction of sp³-hybridized carbons (Fsp3) is 1.00. The average molecular weight is 326 g/mol. The lowest BCUT2D eigenvalue weighted by Gasteiger charge is -2.34. The molecule has 0 aliphatic heterocycles. The van der Waals surface area contributed by atoms with E-state index in [1.165, 1.54) is 0 Å². The summed E-state index contributed by atoms with van der Waals surface area (Å²) in [7, 11) is 24.8. The van der Waals surface area contributed by atoms with Crippen molar-refractivity contribution in [2.45, 2.75) is 0 Å². The van der Waals surface area contributed by atoms with Crippen LogP contribution in [-0.4, -0.2) is 113 Å². The Labute approximate surface area is 130 Å². The Kier molecular flexibility index (Phi) is 12.8. The van der Waals surface area contributed by atoms with E-state index < -0.39 is 0 Å². The Morgan fingerprint density at radius 3 is 0.400 bits per heavy atom. The fourth-order valence-corrected chi connectivity index (χ4v) is 6.44. The van der Waals surface area contributed by atoms with E-state index in [1.54, 1.807) is 0 Å². The van der Waals surface area contributed by atoms with Crippen LogP contribution in [0.4, 0.5) is 0 Å². The predicted octanol–water partition coefficient (Wildman–Crippen LogP) is 1.80. The highest BCUT2D eigenvalue weighted by Crippen LogP contribution is 2.41. The van der Waals surface area contributed by atoms with Gasteiger partial charge in [-0.05, 0) is 84.6 Å². The number of hydrogen-bond acceptors (Lipinski definition) is 6. The highest BCUT2D eigenvalue weighted by molar-refractivity contribution is 7.50. The van der Waals surface area contributed by atoms with Gasteiger partial charge < -0.3 is 0 Å². The third kappa shape index (κ3) is 9.54. The van der Waals surface area contributed by atoms with Crippen LogP contribution in [0.25, 0.3) is 0 Å². The van der Waals surface area contributed by atoms with Crippen molar-refractivity contribution in [3.8, 4) is 0 Å². The first-order valence-electron chi connectivity index (χ1n) is 6.57. The van der Waals surface area contributed by atoms with Crippen LogP contribution in [0.5, 0.6) is 0 Å². The normalized spacial score (nSPS) is 12.6. The zero-order chi connectivity index (χ0) is 16.6. The molecule has 8 heteroatoms. The predicted molar refractivity (Wildman–Crippen MR) is 96.0 cm³/mol. The molecule has 0 atom stereocenters. The molecular weight excluding hydrogens is 290 g/mol. The molecule has 0 saturated carbocycles. The third-order valence-electron chi connectivity index (χ3n) is 2.15. The molecule has 0 aliphatic rings. The molecule has 0 radical (unpaired) electrons. The molecule has 0 saturated heterocycles. The van der Waals surface area contributed by atoms with Crippen LogP contribution < -0.4 is 0 Å². The van der Waals surface area contributed by atoms with Crippen LogP contribution in [-0.2, 0) is 0 Å². The molecule has 0 heterocycles. The van der Waals surface area contributed by atoms with Crippen molar-refractivity contribution in [3.05, 3.63) is 0 Å². The second kappa shape index (κ2) is 11.2. The summed E-state index contributed by atoms with van der Waals surface area (Å²) >= 11 is 0. The van der Waals surface area contributed by atoms with Gasteiger partial charge in [-0.1, -0.05) is 0 Å². The number of rotatable bonds is 6. The van der Waals surface area contributed by atoms with Crippen LogP contribution in [0.15, 0.2) is 0 Å². The van der Waals surface area contributed by atoms with Crippen LogP contribution in [0, 0.1) is 0 Å². The van der Waals surface area contributed by atoms with E-state index in [4.69, 9.17) is 0 Å². The van der Waals surface area contributed by atoms with Gasteiger partial charge in [0.2, 0.25) is 0 Å². The Morgan fingerprint density at radius 1 is 0.300 bits per heavy atom. The first kappa shape index (κ1) is 22.9. The van der Waals surface area contributed by atoms with Gasteiger partial charge in [0.1, 0.15) is 16.7 Å². The van der Waals surface area contributed by atoms with Gasteiger partial charge in [-0.25, -0.2) is 0 Å². The number of nitrogens with zero attached hydrogens (tertiary/aromatic N) is 6. The monoisotopic (exact) mass is 326 g/mol. The van der Waals surface area contributed by atoms with Crippen molar-refractivity contribution < 1.29 is 0 Å². The highest BCUT2D eigenvalue weighted by Gasteiger charge is 2.16. The molecule has 6 nitrogen and oxygen atoms in total. The quantitative estimate of drug-likeness (QED) is 0.688. The van der Waals surface area contributed by atoms with E-state index in [0.717, 1.165) is 0 Å². The molecule has 0 aromatic carbocycles. The molecule has 0 aromatic heterocycles. The lowest BCUT2D eigenvalue weighted by molar-refractivity contribution is 0.490. The van der Waals surface area contributed by atoms with E-state index in [2.05, 4.69) is 113 Å². The van der Waals surface area contributed by atoms with Crippen molar-refractivity contribution in [1.29, 1.82) is 0 Å². The van der Waals surface area contributed by atoms with Crippen molar-refractivity contribution in [2.75, 3.05) is 84.6 Å². The highest BCUT2D eigenvalue weighted by atomic mass is 31.2. The third-order valence-corrected chi connectivity index (χ3v) is 6.44. The van der Waals surface area contributed by atoms with Crippen molar-refractivity contribution in [3.63, 3.8) is 0 Å². The Hall–Kier alpha value is 0.620. The lowest BCUT2D eigenvalue weighted by Crippen LogP contribution is -2.25. The summed E-state index contributed by atoms with van der Waals surface area (Å²) in [5, 5.41) is 0. The topological polar surface area (TPSA) is 19.4 Å². The van der Waals surface area contributed by atoms with Gasteiger partial charge in [0.15, 0.2) is 0 Å². The molecule has 20 heavy (non-hydrogen) atoms. The molecule has 0 N–H and O–H groups in total. The fourth-order valence-electron chi connectivity index (χ4n) is 2.15. The molecule has 0 aromatic rings. The maximum absolute atomic E-state index is 2.23. The molecule has 0 unspecified atom stereocenters. The van der Waals surface area contributed by atoms with E-state index in [1.807, 2.05) is 0 Å². The standard InChI is InChI=1S/2C6H18N3P/c2*1-7(2)10(8(3)4)9(5)6/h2*1-6H3. The molecule has 0 fully saturated rings. The second-order valence-corrected chi connectivity index (χ2v) is 11.5. The molecule has 0 aliphatic carbocycles. The lowest BCUT2D eigenvalue weighted by atomic mass is 11.2. The van der Waals surface area contributed by atoms with Gasteiger partial charge in [0.05, 0.1) is 0 Å². The maximum Gasteiger partial charge on any atom is 0.118 e. The van der Waals surface area contributed by atoms with Gasteiger partial charge in [0.25, 0.3) is 0 Å². The Bertz CT molecular complexity index is 172. The van der Waals surface area contributed by atoms with E-state index >= 15 is 0 Å². The van der Waals surface area contributed by atoms with E-state index in [9.17, 15) is 0 Å². The van der Waals surface area contributed by atoms with Gasteiger partial charge in [-0.3, -0.25) is 28.0 Å². The van der Waals surface area contributed by atoms with Gasteiger partial charge in [-0.15, -0.1) is 0 Å². The summed E-state index contributed by atoms with van der Waals surface area (Å²) in [5.41, 5.74) is 0. The van der Waals surface area contributed by atoms with E-state index in [-0.39, 0.29) is 16.7 Å². The van der Waals surface area contributed by atoms with Crippen LogP contribution in [0.1, 0.15) is 0 Å². The second-order valence-electron chi connectivity index (χ2n) is 5.62. The maximum atomic E-state index is 2.23. The largest absolute Gasteiger partial charge is 0.264 e. The molecule has 124 valence electrons. The Balaban J connectivity index is 0. The zero-order valence-electron chi connectivity index (χ0n) is 15.6. The minimum absolute atomic E-state index is 0.238. The smallest absolute Gasteiger partial charge is 0.118 e. The average Bonchev–Trinajstić information content (AvgIpc) is 2.12. The van der Waals surface area contributed by atoms with E-state index in [0.29, 0.717) is 0 Å². The summed E-state index contributed by atoms with van der Waals surface area (Å²) < 4.78 is 13.4. The van der Waals surface area contributed by atoms with Gasteiger partial charge >= 0.3 is 0 Å².